The molecule has 1 atom stereocenters. The maximum atomic E-state index is 10.2. The van der Waals surface area contributed by atoms with E-state index in [1.54, 1.807) is 13.0 Å². The SMILES string of the molecule is Cc1ccnc(S(=O)[O-])n1.[Li+]. The van der Waals surface area contributed by atoms with Crippen LogP contribution in [-0.4, -0.2) is 18.7 Å². The summed E-state index contributed by atoms with van der Waals surface area (Å²) in [6.45, 7) is 1.71. The first-order chi connectivity index (χ1) is 4.70. The van der Waals surface area contributed by atoms with Crippen molar-refractivity contribution in [2.45, 2.75) is 12.1 Å². The molecule has 1 unspecified atom stereocenters. The molecule has 4 nitrogen and oxygen atoms in total. The van der Waals surface area contributed by atoms with E-state index in [0.29, 0.717) is 5.69 Å². The van der Waals surface area contributed by atoms with Gasteiger partial charge < -0.3 is 4.55 Å². The van der Waals surface area contributed by atoms with Crippen LogP contribution in [0.15, 0.2) is 17.4 Å². The van der Waals surface area contributed by atoms with E-state index in [1.807, 2.05) is 0 Å². The van der Waals surface area contributed by atoms with Crippen LogP contribution in [0, 0.1) is 6.92 Å². The van der Waals surface area contributed by atoms with Gasteiger partial charge in [-0.05, 0) is 13.0 Å². The fourth-order valence-electron chi connectivity index (χ4n) is 0.506. The molecule has 0 radical (unpaired) electrons. The smallest absolute Gasteiger partial charge is 0.766 e. The van der Waals surface area contributed by atoms with Crippen molar-refractivity contribution in [1.82, 2.24) is 9.97 Å². The predicted molar refractivity (Wildman–Crippen MR) is 34.0 cm³/mol. The zero-order valence-corrected chi connectivity index (χ0v) is 7.09. The average Bonchev–Trinajstić information content (AvgIpc) is 1.88. The summed E-state index contributed by atoms with van der Waals surface area (Å²) >= 11 is -2.31. The van der Waals surface area contributed by atoms with Crippen LogP contribution in [0.4, 0.5) is 0 Å². The van der Waals surface area contributed by atoms with Gasteiger partial charge in [0.15, 0.2) is 0 Å². The molecule has 0 saturated carbocycles. The Morgan fingerprint density at radius 2 is 2.27 bits per heavy atom. The average molecular weight is 164 g/mol. The van der Waals surface area contributed by atoms with Crippen LogP contribution in [-0.2, 0) is 11.1 Å². The van der Waals surface area contributed by atoms with Crippen LogP contribution in [0.1, 0.15) is 5.69 Å². The summed E-state index contributed by atoms with van der Waals surface area (Å²) in [4.78, 5) is 7.16. The van der Waals surface area contributed by atoms with Crippen molar-refractivity contribution in [3.63, 3.8) is 0 Å². The molecule has 11 heavy (non-hydrogen) atoms. The van der Waals surface area contributed by atoms with E-state index in [4.69, 9.17) is 0 Å². The molecular weight excluding hydrogens is 159 g/mol. The molecule has 6 heteroatoms. The van der Waals surface area contributed by atoms with E-state index in [9.17, 15) is 8.76 Å². The molecule has 0 saturated heterocycles. The van der Waals surface area contributed by atoms with Crippen LogP contribution in [0.5, 0.6) is 0 Å². The summed E-state index contributed by atoms with van der Waals surface area (Å²) in [6.07, 6.45) is 1.41. The van der Waals surface area contributed by atoms with Gasteiger partial charge in [-0.15, -0.1) is 0 Å². The number of hydrogen-bond donors (Lipinski definition) is 0. The van der Waals surface area contributed by atoms with E-state index in [1.165, 1.54) is 6.20 Å². The Balaban J connectivity index is 0.000001000. The molecule has 1 heterocycles. The van der Waals surface area contributed by atoms with Gasteiger partial charge in [0, 0.05) is 23.0 Å². The molecule has 0 N–H and O–H groups in total. The van der Waals surface area contributed by atoms with Crippen LogP contribution >= 0.6 is 0 Å². The molecule has 1 aromatic heterocycles. The first-order valence-corrected chi connectivity index (χ1v) is 3.66. The molecule has 0 fully saturated rings. The molecule has 1 rings (SSSR count). The van der Waals surface area contributed by atoms with Gasteiger partial charge in [0.25, 0.3) is 0 Å². The molecule has 0 aromatic carbocycles. The van der Waals surface area contributed by atoms with Crippen molar-refractivity contribution in [3.05, 3.63) is 18.0 Å². The molecular formula is C5H5LiN2O2S. The molecule has 0 spiro atoms. The molecule has 0 amide bonds. The second kappa shape index (κ2) is 4.62. The Kier molecular flexibility index (Phi) is 4.53. The normalized spacial score (nSPS) is 11.8. The fourth-order valence-corrected chi connectivity index (χ4v) is 0.872. The predicted octanol–water partition coefficient (Wildman–Crippen LogP) is -2.97. The van der Waals surface area contributed by atoms with Crippen molar-refractivity contribution in [2.24, 2.45) is 0 Å². The van der Waals surface area contributed by atoms with E-state index < -0.39 is 11.1 Å². The summed E-state index contributed by atoms with van der Waals surface area (Å²) in [6, 6.07) is 1.64. The van der Waals surface area contributed by atoms with Crippen molar-refractivity contribution < 1.29 is 27.6 Å². The van der Waals surface area contributed by atoms with Crippen LogP contribution < -0.4 is 18.9 Å². The summed E-state index contributed by atoms with van der Waals surface area (Å²) in [5.74, 6) is 0. The zero-order valence-electron chi connectivity index (χ0n) is 6.27. The minimum atomic E-state index is -2.31. The fraction of sp³-hybridized carbons (Fsp3) is 0.200. The maximum Gasteiger partial charge on any atom is 1.00 e. The van der Waals surface area contributed by atoms with E-state index >= 15 is 0 Å². The minimum absolute atomic E-state index is 0. The van der Waals surface area contributed by atoms with Crippen molar-refractivity contribution in [2.75, 3.05) is 0 Å². The third-order valence-corrected chi connectivity index (χ3v) is 1.42. The van der Waals surface area contributed by atoms with Gasteiger partial charge in [0.05, 0.1) is 0 Å². The van der Waals surface area contributed by atoms with Gasteiger partial charge in [0.1, 0.15) is 0 Å². The third kappa shape index (κ3) is 3.12. The molecule has 0 aliphatic rings. The molecule has 0 aliphatic carbocycles. The number of aromatic nitrogens is 2. The van der Waals surface area contributed by atoms with Gasteiger partial charge in [-0.25, -0.2) is 9.97 Å². The minimum Gasteiger partial charge on any atom is -0.766 e. The Labute approximate surface area is 78.9 Å². The molecule has 0 bridgehead atoms. The summed E-state index contributed by atoms with van der Waals surface area (Å²) in [5, 5.41) is -0.153. The summed E-state index contributed by atoms with van der Waals surface area (Å²) in [7, 11) is 0. The van der Waals surface area contributed by atoms with Crippen molar-refractivity contribution >= 4 is 11.1 Å². The van der Waals surface area contributed by atoms with Crippen LogP contribution in [0.2, 0.25) is 0 Å². The standard InChI is InChI=1S/C5H6N2O2S.Li/c1-4-2-3-6-5(7-4)10(8)9;/h2-3H,1H3,(H,8,9);/q;+1/p-1. The van der Waals surface area contributed by atoms with Crippen LogP contribution in [0.3, 0.4) is 0 Å². The topological polar surface area (TPSA) is 65.9 Å². The Hall–Kier alpha value is -0.213. The van der Waals surface area contributed by atoms with E-state index in [0.717, 1.165) is 0 Å². The second-order valence-corrected chi connectivity index (χ2v) is 2.55. The summed E-state index contributed by atoms with van der Waals surface area (Å²) < 4.78 is 20.5. The number of nitrogens with zero attached hydrogens (tertiary/aromatic N) is 2. The Bertz CT molecular complexity index is 268. The largest absolute Gasteiger partial charge is 1.00 e. The Morgan fingerprint density at radius 3 is 2.64 bits per heavy atom. The first-order valence-electron chi connectivity index (χ1n) is 2.59. The van der Waals surface area contributed by atoms with Crippen molar-refractivity contribution in [3.8, 4) is 0 Å². The van der Waals surface area contributed by atoms with Crippen LogP contribution in [0.25, 0.3) is 0 Å². The maximum absolute atomic E-state index is 10.2. The summed E-state index contributed by atoms with van der Waals surface area (Å²) in [5.41, 5.74) is 0.647. The zero-order chi connectivity index (χ0) is 7.56. The first kappa shape index (κ1) is 10.8. The second-order valence-electron chi connectivity index (χ2n) is 1.72. The third-order valence-electron chi connectivity index (χ3n) is 0.922. The van der Waals surface area contributed by atoms with Gasteiger partial charge in [-0.3, -0.25) is 4.21 Å². The number of hydrogen-bond acceptors (Lipinski definition) is 4. The van der Waals surface area contributed by atoms with Gasteiger partial charge >= 0.3 is 18.9 Å². The van der Waals surface area contributed by atoms with E-state index in [2.05, 4.69) is 9.97 Å². The van der Waals surface area contributed by atoms with Gasteiger partial charge in [-0.1, -0.05) is 0 Å². The molecule has 54 valence electrons. The van der Waals surface area contributed by atoms with E-state index in [-0.39, 0.29) is 24.0 Å². The van der Waals surface area contributed by atoms with Gasteiger partial charge in [-0.2, -0.15) is 0 Å². The number of rotatable bonds is 1. The number of aryl methyl sites for hydroxylation is 1. The molecule has 1 aromatic rings. The Morgan fingerprint density at radius 1 is 1.64 bits per heavy atom. The molecule has 0 aliphatic heterocycles. The van der Waals surface area contributed by atoms with Crippen molar-refractivity contribution in [1.29, 1.82) is 0 Å². The quantitative estimate of drug-likeness (QED) is 0.252. The monoisotopic (exact) mass is 164 g/mol. The van der Waals surface area contributed by atoms with Gasteiger partial charge in [0.2, 0.25) is 5.16 Å².